The Hall–Kier alpha value is -2.56. The third-order valence-electron chi connectivity index (χ3n) is 2.76. The summed E-state index contributed by atoms with van der Waals surface area (Å²) in [7, 11) is 1.50. The van der Waals surface area contributed by atoms with E-state index in [4.69, 9.17) is 0 Å². The topological polar surface area (TPSA) is 60.8 Å². The molecule has 0 unspecified atom stereocenters. The van der Waals surface area contributed by atoms with Crippen molar-refractivity contribution in [3.8, 4) is 11.5 Å². The van der Waals surface area contributed by atoms with Gasteiger partial charge in [0.05, 0.1) is 5.56 Å². The molecule has 2 rings (SSSR count). The number of halogens is 1. The smallest absolute Gasteiger partial charge is 0.261 e. The van der Waals surface area contributed by atoms with Gasteiger partial charge >= 0.3 is 0 Å². The van der Waals surface area contributed by atoms with Crippen molar-refractivity contribution < 1.29 is 19.4 Å². The van der Waals surface area contributed by atoms with E-state index in [0.29, 0.717) is 5.69 Å². The highest BCUT2D eigenvalue weighted by Crippen LogP contribution is 2.29. The molecule has 0 fully saturated rings. The minimum Gasteiger partial charge on any atom is -0.504 e. The van der Waals surface area contributed by atoms with Gasteiger partial charge in [0.1, 0.15) is 5.82 Å². The Labute approximate surface area is 109 Å². The van der Waals surface area contributed by atoms with Crippen molar-refractivity contribution in [1.29, 1.82) is 0 Å². The molecule has 0 aromatic heterocycles. The summed E-state index contributed by atoms with van der Waals surface area (Å²) in [4.78, 5) is 13.4. The Morgan fingerprint density at radius 2 is 1.74 bits per heavy atom. The molecule has 2 aromatic carbocycles. The third kappa shape index (κ3) is 2.49. The molecular weight excluding hydrogens is 249 g/mol. The number of rotatable bonds is 2. The first-order chi connectivity index (χ1) is 9.00. The second-order valence-electron chi connectivity index (χ2n) is 4.01. The lowest BCUT2D eigenvalue weighted by Crippen LogP contribution is -2.26. The molecule has 2 N–H and O–H groups in total. The van der Waals surface area contributed by atoms with Crippen LogP contribution in [-0.2, 0) is 0 Å². The van der Waals surface area contributed by atoms with Crippen LogP contribution < -0.4 is 4.90 Å². The molecule has 0 radical (unpaired) electrons. The van der Waals surface area contributed by atoms with Gasteiger partial charge in [-0.25, -0.2) is 4.39 Å². The number of hydrogen-bond acceptors (Lipinski definition) is 3. The van der Waals surface area contributed by atoms with Gasteiger partial charge in [-0.15, -0.1) is 0 Å². The maximum atomic E-state index is 12.8. The van der Waals surface area contributed by atoms with E-state index in [-0.39, 0.29) is 11.3 Å². The van der Waals surface area contributed by atoms with Gasteiger partial charge in [0.2, 0.25) is 0 Å². The Morgan fingerprint density at radius 3 is 2.37 bits per heavy atom. The monoisotopic (exact) mass is 261 g/mol. The maximum absolute atomic E-state index is 12.8. The summed E-state index contributed by atoms with van der Waals surface area (Å²) in [5.41, 5.74) is 0.459. The normalized spacial score (nSPS) is 10.2. The van der Waals surface area contributed by atoms with Crippen molar-refractivity contribution >= 4 is 11.6 Å². The molecule has 1 amide bonds. The molecule has 0 bridgehead atoms. The van der Waals surface area contributed by atoms with Gasteiger partial charge in [-0.3, -0.25) is 4.79 Å². The minimum absolute atomic E-state index is 0.0215. The van der Waals surface area contributed by atoms with Crippen LogP contribution in [0.15, 0.2) is 42.5 Å². The van der Waals surface area contributed by atoms with Crippen LogP contribution in [0.4, 0.5) is 10.1 Å². The molecule has 0 saturated heterocycles. The minimum atomic E-state index is -0.500. The zero-order chi connectivity index (χ0) is 14.0. The number of nitrogens with zero attached hydrogens (tertiary/aromatic N) is 1. The standard InChI is InChI=1S/C14H12FNO3/c1-16(10-7-5-9(15)6-8-10)14(19)11-3-2-4-12(17)13(11)18/h2-8,17-18H,1H3. The van der Waals surface area contributed by atoms with Crippen LogP contribution in [-0.4, -0.2) is 23.2 Å². The lowest BCUT2D eigenvalue weighted by atomic mass is 10.1. The van der Waals surface area contributed by atoms with Gasteiger partial charge in [-0.1, -0.05) is 6.07 Å². The fourth-order valence-electron chi connectivity index (χ4n) is 1.67. The number of phenols is 2. The van der Waals surface area contributed by atoms with Crippen LogP contribution in [0.5, 0.6) is 11.5 Å². The Kier molecular flexibility index (Phi) is 3.37. The van der Waals surface area contributed by atoms with Gasteiger partial charge < -0.3 is 15.1 Å². The Balaban J connectivity index is 2.33. The van der Waals surface area contributed by atoms with Gasteiger partial charge in [0.25, 0.3) is 5.91 Å². The number of carbonyl (C=O) groups excluding carboxylic acids is 1. The summed E-state index contributed by atoms with van der Waals surface area (Å²) < 4.78 is 12.8. The summed E-state index contributed by atoms with van der Waals surface area (Å²) >= 11 is 0. The fraction of sp³-hybridized carbons (Fsp3) is 0.0714. The molecule has 2 aromatic rings. The van der Waals surface area contributed by atoms with Crippen molar-refractivity contribution in [3.05, 3.63) is 53.8 Å². The van der Waals surface area contributed by atoms with Crippen LogP contribution in [0.1, 0.15) is 10.4 Å². The molecule has 0 aliphatic carbocycles. The predicted octanol–water partition coefficient (Wildman–Crippen LogP) is 2.51. The van der Waals surface area contributed by atoms with E-state index in [1.165, 1.54) is 54.4 Å². The summed E-state index contributed by atoms with van der Waals surface area (Å²) in [5, 5.41) is 19.0. The number of anilines is 1. The first-order valence-corrected chi connectivity index (χ1v) is 5.55. The number of phenolic OH excluding ortho intramolecular Hbond substituents is 2. The van der Waals surface area contributed by atoms with Gasteiger partial charge in [-0.05, 0) is 36.4 Å². The zero-order valence-corrected chi connectivity index (χ0v) is 10.2. The third-order valence-corrected chi connectivity index (χ3v) is 2.76. The highest BCUT2D eigenvalue weighted by molar-refractivity contribution is 6.07. The number of carbonyl (C=O) groups is 1. The SMILES string of the molecule is CN(C(=O)c1cccc(O)c1O)c1ccc(F)cc1. The highest BCUT2D eigenvalue weighted by atomic mass is 19.1. The fourth-order valence-corrected chi connectivity index (χ4v) is 1.67. The summed E-state index contributed by atoms with van der Waals surface area (Å²) in [6.07, 6.45) is 0. The maximum Gasteiger partial charge on any atom is 0.261 e. The van der Waals surface area contributed by atoms with Crippen molar-refractivity contribution in [2.75, 3.05) is 11.9 Å². The first kappa shape index (κ1) is 12.9. The van der Waals surface area contributed by atoms with E-state index in [1.807, 2.05) is 0 Å². The second-order valence-corrected chi connectivity index (χ2v) is 4.01. The molecule has 19 heavy (non-hydrogen) atoms. The lowest BCUT2D eigenvalue weighted by molar-refractivity contribution is 0.0989. The summed E-state index contributed by atoms with van der Waals surface area (Å²) in [6, 6.07) is 9.52. The van der Waals surface area contributed by atoms with Crippen LogP contribution >= 0.6 is 0 Å². The number of para-hydroxylation sites is 1. The molecule has 0 aliphatic rings. The Morgan fingerprint density at radius 1 is 1.11 bits per heavy atom. The first-order valence-electron chi connectivity index (χ1n) is 5.55. The van der Waals surface area contributed by atoms with E-state index < -0.39 is 17.5 Å². The molecule has 0 atom stereocenters. The van der Waals surface area contributed by atoms with E-state index in [9.17, 15) is 19.4 Å². The van der Waals surface area contributed by atoms with Gasteiger partial charge in [0, 0.05) is 12.7 Å². The molecule has 0 aliphatic heterocycles. The summed E-state index contributed by atoms with van der Waals surface area (Å²) in [5.74, 6) is -1.73. The molecule has 0 saturated carbocycles. The van der Waals surface area contributed by atoms with Gasteiger partial charge in [0.15, 0.2) is 11.5 Å². The van der Waals surface area contributed by atoms with Crippen molar-refractivity contribution in [2.45, 2.75) is 0 Å². The van der Waals surface area contributed by atoms with Crippen molar-refractivity contribution in [3.63, 3.8) is 0 Å². The zero-order valence-electron chi connectivity index (χ0n) is 10.2. The lowest BCUT2D eigenvalue weighted by Gasteiger charge is -2.18. The molecule has 0 heterocycles. The predicted molar refractivity (Wildman–Crippen MR) is 68.9 cm³/mol. The largest absolute Gasteiger partial charge is 0.504 e. The van der Waals surface area contributed by atoms with E-state index in [1.54, 1.807) is 0 Å². The van der Waals surface area contributed by atoms with Crippen LogP contribution in [0.25, 0.3) is 0 Å². The number of amides is 1. The number of benzene rings is 2. The number of hydrogen-bond donors (Lipinski definition) is 2. The van der Waals surface area contributed by atoms with Crippen LogP contribution in [0.3, 0.4) is 0 Å². The molecular formula is C14H12FNO3. The average Bonchev–Trinajstić information content (AvgIpc) is 2.41. The molecule has 4 nitrogen and oxygen atoms in total. The van der Waals surface area contributed by atoms with E-state index in [0.717, 1.165) is 0 Å². The van der Waals surface area contributed by atoms with E-state index >= 15 is 0 Å². The second kappa shape index (κ2) is 4.97. The molecule has 98 valence electrons. The van der Waals surface area contributed by atoms with Crippen LogP contribution in [0, 0.1) is 5.82 Å². The van der Waals surface area contributed by atoms with Crippen molar-refractivity contribution in [2.24, 2.45) is 0 Å². The molecule has 5 heteroatoms. The Bertz CT molecular complexity index is 611. The summed E-state index contributed by atoms with van der Waals surface area (Å²) in [6.45, 7) is 0. The van der Waals surface area contributed by atoms with Gasteiger partial charge in [-0.2, -0.15) is 0 Å². The van der Waals surface area contributed by atoms with E-state index in [2.05, 4.69) is 0 Å². The molecule has 0 spiro atoms. The average molecular weight is 261 g/mol. The quantitative estimate of drug-likeness (QED) is 0.816. The van der Waals surface area contributed by atoms with Crippen molar-refractivity contribution in [1.82, 2.24) is 0 Å². The number of aromatic hydroxyl groups is 2. The highest BCUT2D eigenvalue weighted by Gasteiger charge is 2.18. The van der Waals surface area contributed by atoms with Crippen LogP contribution in [0.2, 0.25) is 0 Å².